The van der Waals surface area contributed by atoms with Gasteiger partial charge in [-0.05, 0) is 94.8 Å². The molecule has 0 amide bonds. The van der Waals surface area contributed by atoms with E-state index in [-0.39, 0.29) is 15.8 Å². The standard InChI is InChI=1S/C38H39NO3.C27H25NO3.BBr3/c1-5-24-37(27-41-25-28-16-8-6-9-17-28)26-39(34(37)35(40)42-36(2,3)4)38(29-18-10-7-11-19-29)32-22-14-12-20-30(32)31-21-13-15-23-33(31)38;1-2-16-26(18-29)17-28(24(26)25(30)31)27(19-10-4-3-5-11-19)22-14-8-6-12-20(22)21-13-7-9-15-23(21)27;2-1(3)4/h5-23,34H,1,24-27H2,2-4H3;2-15,24,29H,1,16-18H2,(H,30,31);/t34-,37-;24-,26-;/m11./s1. The molecule has 7 aromatic rings. The number of hydrogen-bond donors (Lipinski definition) is 2. The maximum Gasteiger partial charge on any atom is 0.369 e. The molecule has 77 heavy (non-hydrogen) atoms. The number of esters is 1. The third-order valence-corrected chi connectivity index (χ3v) is 15.6. The molecule has 2 N–H and O–H groups in total. The van der Waals surface area contributed by atoms with E-state index in [4.69, 9.17) is 9.47 Å². The lowest BCUT2D eigenvalue weighted by atomic mass is 9.64. The second-order valence-corrected chi connectivity index (χ2v) is 27.8. The summed E-state index contributed by atoms with van der Waals surface area (Å²) in [5, 5.41) is 20.6. The first-order valence-corrected chi connectivity index (χ1v) is 28.7. The summed E-state index contributed by atoms with van der Waals surface area (Å²) in [5.74, 6) is -1.14. The predicted octanol–water partition coefficient (Wildman–Crippen LogP) is 14.2. The smallest absolute Gasteiger partial charge is 0.369 e. The van der Waals surface area contributed by atoms with Gasteiger partial charge in [-0.15, -0.1) is 60.4 Å². The van der Waals surface area contributed by atoms with E-state index in [1.165, 1.54) is 22.3 Å². The summed E-state index contributed by atoms with van der Waals surface area (Å²) in [6, 6.07) is 63.2. The lowest BCUT2D eigenvalue weighted by Crippen LogP contribution is -2.75. The Morgan fingerprint density at radius 1 is 0.584 bits per heavy atom. The quantitative estimate of drug-likeness (QED) is 0.0595. The van der Waals surface area contributed by atoms with Gasteiger partial charge in [-0.25, -0.2) is 0 Å². The van der Waals surface area contributed by atoms with Crippen LogP contribution in [-0.2, 0) is 36.7 Å². The summed E-state index contributed by atoms with van der Waals surface area (Å²) in [4.78, 5) is 31.4. The van der Waals surface area contributed by atoms with Crippen LogP contribution < -0.4 is 0 Å². The van der Waals surface area contributed by atoms with Crippen LogP contribution in [0.4, 0.5) is 0 Å². The number of nitrogens with zero attached hydrogens (tertiary/aromatic N) is 2. The fraction of sp³-hybridized carbons (Fsp3) is 0.262. The Labute approximate surface area is 478 Å². The number of carboxylic acid groups (broad SMARTS) is 1. The molecule has 2 heterocycles. The van der Waals surface area contributed by atoms with Gasteiger partial charge in [0.15, 0.2) is 0 Å². The third kappa shape index (κ3) is 10.2. The van der Waals surface area contributed by atoms with Crippen LogP contribution in [0.2, 0.25) is 0 Å². The average Bonchev–Trinajstić information content (AvgIpc) is 4.03. The molecule has 394 valence electrons. The minimum atomic E-state index is -0.917. The Morgan fingerprint density at radius 3 is 1.31 bits per heavy atom. The third-order valence-electron chi connectivity index (χ3n) is 15.6. The van der Waals surface area contributed by atoms with Crippen molar-refractivity contribution in [2.45, 2.75) is 69.0 Å². The summed E-state index contributed by atoms with van der Waals surface area (Å²) in [6.45, 7) is 15.5. The van der Waals surface area contributed by atoms with E-state index >= 15 is 0 Å². The van der Waals surface area contributed by atoms with Crippen LogP contribution in [0.5, 0.6) is 0 Å². The molecule has 0 aromatic heterocycles. The van der Waals surface area contributed by atoms with Crippen molar-refractivity contribution in [2.75, 3.05) is 26.3 Å². The van der Waals surface area contributed by atoms with Crippen molar-refractivity contribution in [2.24, 2.45) is 10.8 Å². The first-order chi connectivity index (χ1) is 37.1. The number of rotatable bonds is 15. The largest absolute Gasteiger partial charge is 0.480 e. The maximum atomic E-state index is 14.4. The molecule has 7 aromatic carbocycles. The van der Waals surface area contributed by atoms with Crippen LogP contribution >= 0.6 is 47.3 Å². The highest BCUT2D eigenvalue weighted by atomic mass is 79.9. The molecular formula is C65H64BBr3N2O6. The molecule has 11 rings (SSSR count). The lowest BCUT2D eigenvalue weighted by Gasteiger charge is -2.62. The van der Waals surface area contributed by atoms with E-state index in [2.05, 4.69) is 192 Å². The molecule has 12 heteroatoms. The fourth-order valence-electron chi connectivity index (χ4n) is 12.8. The maximum absolute atomic E-state index is 14.4. The van der Waals surface area contributed by atoms with Crippen LogP contribution in [0.15, 0.2) is 213 Å². The monoisotopic (exact) mass is 1220 g/mol. The normalized spacial score (nSPS) is 21.1. The fourth-order valence-corrected chi connectivity index (χ4v) is 12.8. The molecule has 2 aliphatic heterocycles. The average molecular weight is 1220 g/mol. The summed E-state index contributed by atoms with van der Waals surface area (Å²) >= 11 is 9.31. The molecule has 2 saturated heterocycles. The number of likely N-dealkylation sites (tertiary alicyclic amines) is 2. The van der Waals surface area contributed by atoms with Gasteiger partial charge >= 0.3 is 15.1 Å². The molecule has 0 unspecified atom stereocenters. The van der Waals surface area contributed by atoms with Crippen molar-refractivity contribution in [3.05, 3.63) is 252 Å². The highest BCUT2D eigenvalue weighted by molar-refractivity contribution is 9.69. The van der Waals surface area contributed by atoms with E-state index in [0.717, 1.165) is 38.9 Å². The van der Waals surface area contributed by atoms with Crippen LogP contribution in [0.1, 0.15) is 72.6 Å². The molecule has 0 saturated carbocycles. The summed E-state index contributed by atoms with van der Waals surface area (Å²) in [7, 11) is 0. The van der Waals surface area contributed by atoms with E-state index in [1.54, 1.807) is 6.08 Å². The SMILES string of the molecule is BrB(Br)Br.C=CC[C@]1(CO)CN(C2(c3ccccc3)c3ccccc3-c3ccccc32)[C@@H]1C(=O)O.C=CC[C@]1(COCc2ccccc2)CN(C2(c3ccccc3)c3ccccc3-c3ccccc32)[C@@H]1C(=O)OC(C)(C)C. The van der Waals surface area contributed by atoms with Gasteiger partial charge < -0.3 is 19.7 Å². The number of allylic oxidation sites excluding steroid dienone is 2. The van der Waals surface area contributed by atoms with E-state index in [1.807, 2.05) is 93.6 Å². The van der Waals surface area contributed by atoms with Crippen LogP contribution in [0.25, 0.3) is 22.3 Å². The topological polar surface area (TPSA) is 99.5 Å². The highest BCUT2D eigenvalue weighted by Gasteiger charge is 2.67. The number of aliphatic carboxylic acids is 1. The number of carbonyl (C=O) groups excluding carboxylic acids is 1. The second kappa shape index (κ2) is 23.3. The number of benzene rings is 7. The minimum absolute atomic E-state index is 0.194. The van der Waals surface area contributed by atoms with Crippen LogP contribution in [0.3, 0.4) is 0 Å². The van der Waals surface area contributed by atoms with E-state index in [9.17, 15) is 19.8 Å². The molecule has 0 spiro atoms. The number of hydrogen-bond acceptors (Lipinski definition) is 7. The zero-order valence-electron chi connectivity index (χ0n) is 43.7. The van der Waals surface area contributed by atoms with Gasteiger partial charge in [-0.3, -0.25) is 19.4 Å². The molecule has 0 bridgehead atoms. The molecule has 8 nitrogen and oxygen atoms in total. The van der Waals surface area contributed by atoms with E-state index in [0.29, 0.717) is 39.1 Å². The first-order valence-electron chi connectivity index (χ1n) is 26.0. The Kier molecular flexibility index (Phi) is 17.0. The van der Waals surface area contributed by atoms with Crippen LogP contribution in [0, 0.1) is 10.8 Å². The number of aliphatic hydroxyl groups excluding tert-OH is 1. The number of ether oxygens (including phenoxy) is 2. The van der Waals surface area contributed by atoms with Crippen molar-refractivity contribution in [3.63, 3.8) is 0 Å². The van der Waals surface area contributed by atoms with Crippen LogP contribution in [-0.4, -0.2) is 79.1 Å². The minimum Gasteiger partial charge on any atom is -0.480 e. The van der Waals surface area contributed by atoms with Crippen molar-refractivity contribution in [3.8, 4) is 22.3 Å². The zero-order chi connectivity index (χ0) is 54.6. The van der Waals surface area contributed by atoms with Gasteiger partial charge in [0.2, 0.25) is 0 Å². The van der Waals surface area contributed by atoms with Crippen molar-refractivity contribution in [1.82, 2.24) is 9.80 Å². The molecule has 2 fully saturated rings. The molecule has 0 radical (unpaired) electrons. The number of carbonyl (C=O) groups is 2. The lowest BCUT2D eigenvalue weighted by molar-refractivity contribution is -0.200. The number of carboxylic acids is 1. The first kappa shape index (κ1) is 56.0. The molecular weight excluding hydrogens is 1160 g/mol. The summed E-state index contributed by atoms with van der Waals surface area (Å²) in [5.41, 5.74) is 9.16. The summed E-state index contributed by atoms with van der Waals surface area (Å²) in [6.07, 6.45) is 4.73. The number of halogens is 3. The number of aliphatic hydroxyl groups is 1. The molecule has 2 aliphatic carbocycles. The Hall–Kier alpha value is -5.70. The van der Waals surface area contributed by atoms with Gasteiger partial charge in [-0.2, -0.15) is 0 Å². The van der Waals surface area contributed by atoms with Gasteiger partial charge in [-0.1, -0.05) is 200 Å². The number of fused-ring (bicyclic) bond motifs is 6. The van der Waals surface area contributed by atoms with Crippen molar-refractivity contribution >= 4 is 62.4 Å². The highest BCUT2D eigenvalue weighted by Crippen LogP contribution is 2.62. The Bertz CT molecular complexity index is 3130. The Balaban J connectivity index is 0.000000182. The zero-order valence-corrected chi connectivity index (χ0v) is 48.5. The van der Waals surface area contributed by atoms with Gasteiger partial charge in [0, 0.05) is 23.9 Å². The van der Waals surface area contributed by atoms with E-state index < -0.39 is 45.6 Å². The summed E-state index contributed by atoms with van der Waals surface area (Å²) < 4.78 is 12.9. The van der Waals surface area contributed by atoms with Gasteiger partial charge in [0.25, 0.3) is 0 Å². The molecule has 4 atom stereocenters. The van der Waals surface area contributed by atoms with Gasteiger partial charge in [0.05, 0.1) is 30.9 Å². The van der Waals surface area contributed by atoms with Gasteiger partial charge in [0.1, 0.15) is 17.7 Å². The molecule has 4 aliphatic rings. The predicted molar refractivity (Wildman–Crippen MR) is 321 cm³/mol. The van der Waals surface area contributed by atoms with Crippen molar-refractivity contribution < 1.29 is 29.3 Å². The Morgan fingerprint density at radius 2 is 0.935 bits per heavy atom. The second-order valence-electron chi connectivity index (χ2n) is 21.4. The van der Waals surface area contributed by atoms with Crippen molar-refractivity contribution in [1.29, 1.82) is 0 Å².